The number of halogens is 2. The molecular weight excluding hydrogens is 491 g/mol. The summed E-state index contributed by atoms with van der Waals surface area (Å²) in [5.74, 6) is 1.94. The predicted octanol–water partition coefficient (Wildman–Crippen LogP) is 6.71. The van der Waals surface area contributed by atoms with E-state index in [1.54, 1.807) is 18.3 Å². The van der Waals surface area contributed by atoms with Crippen LogP contribution >= 0.6 is 35.1 Å². The summed E-state index contributed by atoms with van der Waals surface area (Å²) in [5, 5.41) is 10.8. The normalized spacial score (nSPS) is 10.6. The lowest BCUT2D eigenvalue weighted by Crippen LogP contribution is -2.01. The molecule has 6 nitrogen and oxygen atoms in total. The molecule has 0 saturated carbocycles. The molecule has 0 bridgehead atoms. The van der Waals surface area contributed by atoms with Gasteiger partial charge in [0.15, 0.2) is 5.75 Å². The number of anilines is 1. The van der Waals surface area contributed by atoms with Gasteiger partial charge in [0, 0.05) is 17.8 Å². The van der Waals surface area contributed by atoms with Gasteiger partial charge < -0.3 is 9.47 Å². The molecule has 0 spiro atoms. The van der Waals surface area contributed by atoms with Crippen LogP contribution in [0.2, 0.25) is 5.02 Å². The molecule has 0 unspecified atom stereocenters. The minimum absolute atomic E-state index is 0.273. The SMILES string of the molecule is CSNc1ncc2cc(COc3cccc(-c4cc(Cl)c(OCCCl)c(C#N)c4)c3)ccc2n1. The van der Waals surface area contributed by atoms with E-state index in [-0.39, 0.29) is 6.61 Å². The van der Waals surface area contributed by atoms with Crippen LogP contribution in [-0.2, 0) is 6.61 Å². The summed E-state index contributed by atoms with van der Waals surface area (Å²) >= 11 is 13.5. The first kappa shape index (κ1) is 24.0. The van der Waals surface area contributed by atoms with Crippen molar-refractivity contribution in [2.24, 2.45) is 0 Å². The van der Waals surface area contributed by atoms with Crippen LogP contribution in [0.5, 0.6) is 11.5 Å². The molecule has 3 aromatic carbocycles. The summed E-state index contributed by atoms with van der Waals surface area (Å²) in [5.41, 5.74) is 3.89. The zero-order chi connectivity index (χ0) is 23.9. The maximum atomic E-state index is 9.54. The molecule has 172 valence electrons. The van der Waals surface area contributed by atoms with Crippen LogP contribution in [0.1, 0.15) is 11.1 Å². The molecule has 0 saturated heterocycles. The summed E-state index contributed by atoms with van der Waals surface area (Å²) in [7, 11) is 0. The number of nitrogens with zero attached hydrogens (tertiary/aromatic N) is 3. The van der Waals surface area contributed by atoms with Crippen LogP contribution in [0.15, 0.2) is 60.8 Å². The number of hydrogen-bond acceptors (Lipinski definition) is 7. The maximum absolute atomic E-state index is 9.54. The summed E-state index contributed by atoms with van der Waals surface area (Å²) < 4.78 is 14.6. The van der Waals surface area contributed by atoms with Crippen LogP contribution in [-0.4, -0.2) is 28.7 Å². The van der Waals surface area contributed by atoms with E-state index in [0.717, 1.165) is 27.6 Å². The van der Waals surface area contributed by atoms with Gasteiger partial charge in [0.1, 0.15) is 25.0 Å². The summed E-state index contributed by atoms with van der Waals surface area (Å²) in [4.78, 5) is 8.79. The monoisotopic (exact) mass is 510 g/mol. The van der Waals surface area contributed by atoms with Crippen molar-refractivity contribution in [3.8, 4) is 28.7 Å². The average Bonchev–Trinajstić information content (AvgIpc) is 2.86. The minimum atomic E-state index is 0.273. The van der Waals surface area contributed by atoms with Gasteiger partial charge in [-0.2, -0.15) is 5.26 Å². The molecule has 9 heteroatoms. The first-order valence-corrected chi connectivity index (χ1v) is 12.5. The van der Waals surface area contributed by atoms with Crippen molar-refractivity contribution in [2.45, 2.75) is 6.61 Å². The summed E-state index contributed by atoms with van der Waals surface area (Å²) in [6.07, 6.45) is 3.72. The smallest absolute Gasteiger partial charge is 0.233 e. The van der Waals surface area contributed by atoms with Gasteiger partial charge >= 0.3 is 0 Å². The van der Waals surface area contributed by atoms with Crippen LogP contribution in [0.25, 0.3) is 22.0 Å². The number of fused-ring (bicyclic) bond motifs is 1. The highest BCUT2D eigenvalue weighted by Crippen LogP contribution is 2.35. The van der Waals surface area contributed by atoms with Gasteiger partial charge in [0.25, 0.3) is 0 Å². The molecule has 34 heavy (non-hydrogen) atoms. The van der Waals surface area contributed by atoms with Gasteiger partial charge in [0.2, 0.25) is 5.95 Å². The molecular formula is C25H20Cl2N4O2S. The number of nitrogens with one attached hydrogen (secondary N) is 1. The third-order valence-electron chi connectivity index (χ3n) is 4.90. The quantitative estimate of drug-likeness (QED) is 0.198. The number of benzene rings is 3. The van der Waals surface area contributed by atoms with E-state index in [4.69, 9.17) is 32.7 Å². The van der Waals surface area contributed by atoms with Crippen molar-refractivity contribution in [3.63, 3.8) is 0 Å². The second kappa shape index (κ2) is 11.3. The van der Waals surface area contributed by atoms with E-state index in [1.165, 1.54) is 11.9 Å². The fraction of sp³-hybridized carbons (Fsp3) is 0.160. The molecule has 0 aliphatic rings. The van der Waals surface area contributed by atoms with Crippen molar-refractivity contribution in [1.29, 1.82) is 5.26 Å². The molecule has 0 atom stereocenters. The Morgan fingerprint density at radius 2 is 1.97 bits per heavy atom. The van der Waals surface area contributed by atoms with Gasteiger partial charge in [-0.1, -0.05) is 41.7 Å². The van der Waals surface area contributed by atoms with Gasteiger partial charge in [-0.05, 0) is 53.1 Å². The van der Waals surface area contributed by atoms with Crippen LogP contribution in [0.3, 0.4) is 0 Å². The predicted molar refractivity (Wildman–Crippen MR) is 139 cm³/mol. The number of hydrogen-bond donors (Lipinski definition) is 1. The van der Waals surface area contributed by atoms with Crippen LogP contribution in [0.4, 0.5) is 5.95 Å². The second-order valence-corrected chi connectivity index (χ2v) is 8.59. The van der Waals surface area contributed by atoms with Crippen molar-refractivity contribution in [2.75, 3.05) is 23.5 Å². The van der Waals surface area contributed by atoms with E-state index < -0.39 is 0 Å². The Balaban J connectivity index is 1.51. The third kappa shape index (κ3) is 5.65. The molecule has 4 rings (SSSR count). The minimum Gasteiger partial charge on any atom is -0.489 e. The van der Waals surface area contributed by atoms with Gasteiger partial charge in [0.05, 0.1) is 22.0 Å². The highest BCUT2D eigenvalue weighted by Gasteiger charge is 2.13. The van der Waals surface area contributed by atoms with Crippen molar-refractivity contribution >= 4 is 52.0 Å². The number of ether oxygens (including phenoxy) is 2. The van der Waals surface area contributed by atoms with E-state index in [9.17, 15) is 5.26 Å². The van der Waals surface area contributed by atoms with Crippen molar-refractivity contribution < 1.29 is 9.47 Å². The first-order valence-electron chi connectivity index (χ1n) is 10.3. The molecule has 4 aromatic rings. The standard InChI is InChI=1S/C25H20Cl2N4O2S/c1-34-31-25-29-14-20-9-16(5-6-23(20)30-25)15-33-21-4-2-3-17(11-21)18-10-19(13-28)24(22(27)12-18)32-8-7-26/h2-6,9-12,14H,7-8,15H2,1H3,(H,29,30,31). The zero-order valence-electron chi connectivity index (χ0n) is 18.2. The lowest BCUT2D eigenvalue weighted by atomic mass is 10.0. The van der Waals surface area contributed by atoms with Crippen molar-refractivity contribution in [1.82, 2.24) is 9.97 Å². The molecule has 1 N–H and O–H groups in total. The van der Waals surface area contributed by atoms with Crippen LogP contribution < -0.4 is 14.2 Å². The van der Waals surface area contributed by atoms with E-state index in [0.29, 0.717) is 40.5 Å². The Kier molecular flexibility index (Phi) is 7.96. The topological polar surface area (TPSA) is 80.1 Å². The third-order valence-corrected chi connectivity index (χ3v) is 5.72. The molecule has 0 aliphatic carbocycles. The number of rotatable bonds is 9. The van der Waals surface area contributed by atoms with Crippen molar-refractivity contribution in [3.05, 3.63) is 76.9 Å². The first-order chi connectivity index (χ1) is 16.6. The molecule has 0 amide bonds. The highest BCUT2D eigenvalue weighted by molar-refractivity contribution is 7.99. The average molecular weight is 511 g/mol. The molecule has 0 radical (unpaired) electrons. The zero-order valence-corrected chi connectivity index (χ0v) is 20.5. The van der Waals surface area contributed by atoms with E-state index >= 15 is 0 Å². The number of aromatic nitrogens is 2. The summed E-state index contributed by atoms with van der Waals surface area (Å²) in [6.45, 7) is 0.662. The summed E-state index contributed by atoms with van der Waals surface area (Å²) in [6, 6.07) is 19.3. The van der Waals surface area contributed by atoms with Gasteiger partial charge in [-0.25, -0.2) is 9.97 Å². The highest BCUT2D eigenvalue weighted by atomic mass is 35.5. The largest absolute Gasteiger partial charge is 0.489 e. The lowest BCUT2D eigenvalue weighted by Gasteiger charge is -2.12. The second-order valence-electron chi connectivity index (χ2n) is 7.19. The Hall–Kier alpha value is -3.18. The molecule has 1 heterocycles. The van der Waals surface area contributed by atoms with Gasteiger partial charge in [-0.15, -0.1) is 11.6 Å². The van der Waals surface area contributed by atoms with Gasteiger partial charge in [-0.3, -0.25) is 4.72 Å². The molecule has 1 aromatic heterocycles. The Morgan fingerprint density at radius 3 is 2.76 bits per heavy atom. The Labute approximate surface area is 212 Å². The number of alkyl halides is 1. The maximum Gasteiger partial charge on any atom is 0.233 e. The Bertz CT molecular complexity index is 1360. The van der Waals surface area contributed by atoms with E-state index in [2.05, 4.69) is 20.8 Å². The van der Waals surface area contributed by atoms with E-state index in [1.807, 2.05) is 48.7 Å². The molecule has 0 aliphatic heterocycles. The Morgan fingerprint density at radius 1 is 1.09 bits per heavy atom. The fourth-order valence-electron chi connectivity index (χ4n) is 3.38. The lowest BCUT2D eigenvalue weighted by molar-refractivity contribution is 0.306. The molecule has 0 fully saturated rings. The van der Waals surface area contributed by atoms with Crippen LogP contribution in [0, 0.1) is 11.3 Å². The fourth-order valence-corrected chi connectivity index (χ4v) is 4.01. The number of nitriles is 1.